The maximum Gasteiger partial charge on any atom is 1.00 e. The van der Waals surface area contributed by atoms with Gasteiger partial charge in [-0.15, -0.1) is 6.07 Å². The molecule has 1 heterocycles. The predicted octanol–water partition coefficient (Wildman–Crippen LogP) is -2.04. The van der Waals surface area contributed by atoms with Crippen LogP contribution >= 0.6 is 0 Å². The molecule has 0 amide bonds. The molecule has 0 bridgehead atoms. The molecule has 0 aliphatic heterocycles. The Balaban J connectivity index is 0.000000490. The van der Waals surface area contributed by atoms with E-state index in [1.807, 2.05) is 6.07 Å². The molecule has 0 N–H and O–H groups in total. The molecule has 0 saturated heterocycles. The molecular weight excluding hydrogens is 129 g/mol. The van der Waals surface area contributed by atoms with Gasteiger partial charge in [-0.3, -0.25) is 0 Å². The van der Waals surface area contributed by atoms with Crippen LogP contribution in [0.3, 0.4) is 0 Å². The first kappa shape index (κ1) is 8.41. The zero-order valence-electron chi connectivity index (χ0n) is 4.51. The Morgan fingerprint density at radius 2 is 2.50 bits per heavy atom. The number of nitriles is 1. The van der Waals surface area contributed by atoms with Gasteiger partial charge in [0.05, 0.1) is 6.07 Å². The van der Waals surface area contributed by atoms with Crippen LogP contribution in [0.2, 0.25) is 0 Å². The van der Waals surface area contributed by atoms with E-state index < -0.39 is 0 Å². The first-order chi connectivity index (χ1) is 3.43. The number of hydrogen-bond donors (Lipinski definition) is 0. The molecule has 0 atom stereocenters. The summed E-state index contributed by atoms with van der Waals surface area (Å²) in [5.41, 5.74) is 0. The minimum absolute atomic E-state index is 0. The fraction of sp³-hybridized carbons (Fsp3) is 0. The first-order valence-corrected chi connectivity index (χ1v) is 1.79. The van der Waals surface area contributed by atoms with Crippen LogP contribution in [-0.2, 0) is 0 Å². The van der Waals surface area contributed by atoms with Crippen LogP contribution in [0.1, 0.15) is 5.76 Å². The van der Waals surface area contributed by atoms with Crippen LogP contribution in [0.4, 0.5) is 0 Å². The molecule has 8 heavy (non-hydrogen) atoms. The summed E-state index contributed by atoms with van der Waals surface area (Å²) in [6.07, 6.45) is 2.38. The van der Waals surface area contributed by atoms with Crippen molar-refractivity contribution in [2.24, 2.45) is 0 Å². The molecule has 1 rings (SSSR count). The predicted molar refractivity (Wildman–Crippen MR) is 22.3 cm³/mol. The molecule has 0 radical (unpaired) electrons. The van der Waals surface area contributed by atoms with E-state index in [2.05, 4.69) is 10.7 Å². The molecule has 1 aromatic rings. The second-order valence-electron chi connectivity index (χ2n) is 1.03. The van der Waals surface area contributed by atoms with Gasteiger partial charge in [-0.1, -0.05) is 0 Å². The third-order valence-electron chi connectivity index (χ3n) is 0.582. The van der Waals surface area contributed by atoms with Gasteiger partial charge in [-0.2, -0.15) is 6.07 Å². The summed E-state index contributed by atoms with van der Waals surface area (Å²) in [4.78, 5) is 0. The van der Waals surface area contributed by atoms with Gasteiger partial charge in [0.2, 0.25) is 0 Å². The van der Waals surface area contributed by atoms with Crippen molar-refractivity contribution in [2.75, 3.05) is 0 Å². The number of hydrogen-bond acceptors (Lipinski definition) is 2. The number of nitrogens with zero attached hydrogens (tertiary/aromatic N) is 1. The van der Waals surface area contributed by atoms with E-state index in [1.165, 1.54) is 0 Å². The SMILES string of the molecule is N#Cc1cc[c-]o1.[K+]. The van der Waals surface area contributed by atoms with Crippen molar-refractivity contribution in [2.45, 2.75) is 0 Å². The molecule has 2 nitrogen and oxygen atoms in total. The maximum atomic E-state index is 8.06. The Morgan fingerprint density at radius 1 is 1.75 bits per heavy atom. The Morgan fingerprint density at radius 3 is 2.75 bits per heavy atom. The smallest absolute Gasteiger partial charge is 0.581 e. The minimum atomic E-state index is 0. The van der Waals surface area contributed by atoms with Gasteiger partial charge in [-0.25, -0.2) is 5.26 Å². The fourth-order valence-electron chi connectivity index (χ4n) is 0.301. The van der Waals surface area contributed by atoms with Gasteiger partial charge in [0.1, 0.15) is 0 Å². The van der Waals surface area contributed by atoms with Crippen molar-refractivity contribution in [3.63, 3.8) is 0 Å². The molecule has 1 aromatic heterocycles. The molecule has 34 valence electrons. The Kier molecular flexibility index (Phi) is 4.52. The average molecular weight is 131 g/mol. The molecular formula is C5H2KNO. The van der Waals surface area contributed by atoms with E-state index in [1.54, 1.807) is 12.1 Å². The van der Waals surface area contributed by atoms with Crippen LogP contribution in [0.5, 0.6) is 0 Å². The Bertz CT molecular complexity index is 175. The van der Waals surface area contributed by atoms with Gasteiger partial charge < -0.3 is 4.42 Å². The van der Waals surface area contributed by atoms with E-state index in [-0.39, 0.29) is 51.4 Å². The number of rotatable bonds is 0. The van der Waals surface area contributed by atoms with Crippen LogP contribution in [-0.4, -0.2) is 0 Å². The van der Waals surface area contributed by atoms with Crippen LogP contribution in [0.25, 0.3) is 0 Å². The monoisotopic (exact) mass is 131 g/mol. The Labute approximate surface area is 89.9 Å². The van der Waals surface area contributed by atoms with Gasteiger partial charge in [-0.05, 0) is 6.26 Å². The largest absolute Gasteiger partial charge is 1.00 e. The third-order valence-corrected chi connectivity index (χ3v) is 0.582. The zero-order valence-corrected chi connectivity index (χ0v) is 7.63. The molecule has 3 heteroatoms. The van der Waals surface area contributed by atoms with Crippen LogP contribution in [0.15, 0.2) is 16.5 Å². The average Bonchev–Trinajstić information content (AvgIpc) is 2.14. The van der Waals surface area contributed by atoms with E-state index in [9.17, 15) is 0 Å². The summed E-state index contributed by atoms with van der Waals surface area (Å²) in [5, 5.41) is 8.06. The maximum absolute atomic E-state index is 8.06. The van der Waals surface area contributed by atoms with Crippen LogP contribution < -0.4 is 51.4 Å². The standard InChI is InChI=1S/C5H2NO.K/c6-4-5-2-1-3-7-5;/h1-2H;/q-1;+1. The van der Waals surface area contributed by atoms with Gasteiger partial charge in [0.25, 0.3) is 0 Å². The second kappa shape index (κ2) is 4.30. The topological polar surface area (TPSA) is 36.9 Å². The summed E-state index contributed by atoms with van der Waals surface area (Å²) in [5.74, 6) is 0.306. The van der Waals surface area contributed by atoms with Crippen molar-refractivity contribution >= 4 is 0 Å². The molecule has 0 unspecified atom stereocenters. The van der Waals surface area contributed by atoms with E-state index in [0.29, 0.717) is 5.76 Å². The molecule has 0 spiro atoms. The first-order valence-electron chi connectivity index (χ1n) is 1.79. The van der Waals surface area contributed by atoms with Crippen molar-refractivity contribution in [1.82, 2.24) is 0 Å². The van der Waals surface area contributed by atoms with E-state index in [4.69, 9.17) is 5.26 Å². The summed E-state index contributed by atoms with van der Waals surface area (Å²) in [6.45, 7) is 0. The quantitative estimate of drug-likeness (QED) is 0.300. The van der Waals surface area contributed by atoms with Crippen molar-refractivity contribution < 1.29 is 55.8 Å². The summed E-state index contributed by atoms with van der Waals surface area (Å²) in [6, 6.07) is 4.92. The van der Waals surface area contributed by atoms with E-state index >= 15 is 0 Å². The normalized spacial score (nSPS) is 6.88. The summed E-state index contributed by atoms with van der Waals surface area (Å²) in [7, 11) is 0. The molecule has 0 aromatic carbocycles. The second-order valence-corrected chi connectivity index (χ2v) is 1.03. The number of furan rings is 1. The molecule has 0 aliphatic rings. The fourth-order valence-corrected chi connectivity index (χ4v) is 0.301. The van der Waals surface area contributed by atoms with Crippen LogP contribution in [0, 0.1) is 17.6 Å². The van der Waals surface area contributed by atoms with Crippen molar-refractivity contribution in [3.8, 4) is 6.07 Å². The zero-order chi connectivity index (χ0) is 5.11. The van der Waals surface area contributed by atoms with E-state index in [0.717, 1.165) is 0 Å². The molecule has 0 aliphatic carbocycles. The van der Waals surface area contributed by atoms with Crippen molar-refractivity contribution in [3.05, 3.63) is 24.2 Å². The molecule has 0 saturated carbocycles. The summed E-state index contributed by atoms with van der Waals surface area (Å²) >= 11 is 0. The van der Waals surface area contributed by atoms with Gasteiger partial charge in [0, 0.05) is 5.76 Å². The van der Waals surface area contributed by atoms with Gasteiger partial charge in [0.15, 0.2) is 0 Å². The van der Waals surface area contributed by atoms with Crippen molar-refractivity contribution in [1.29, 1.82) is 5.26 Å². The third kappa shape index (κ3) is 2.12. The molecule has 0 fully saturated rings. The van der Waals surface area contributed by atoms with Gasteiger partial charge >= 0.3 is 51.4 Å². The Hall–Kier alpha value is 0.406. The minimum Gasteiger partial charge on any atom is -0.581 e. The summed E-state index contributed by atoms with van der Waals surface area (Å²) < 4.78 is 4.50.